The van der Waals surface area contributed by atoms with Crippen molar-refractivity contribution in [1.82, 2.24) is 10.3 Å². The summed E-state index contributed by atoms with van der Waals surface area (Å²) < 4.78 is 0. The fourth-order valence-corrected chi connectivity index (χ4v) is 2.76. The third kappa shape index (κ3) is 3.81. The predicted octanol–water partition coefficient (Wildman–Crippen LogP) is 3.04. The van der Waals surface area contributed by atoms with Crippen LogP contribution in [0.1, 0.15) is 38.8 Å². The van der Waals surface area contributed by atoms with Crippen molar-refractivity contribution in [1.29, 1.82) is 0 Å². The molecule has 17 heavy (non-hydrogen) atoms. The topological polar surface area (TPSA) is 24.9 Å². The van der Waals surface area contributed by atoms with Gasteiger partial charge in [0.15, 0.2) is 0 Å². The van der Waals surface area contributed by atoms with E-state index in [0.717, 1.165) is 30.8 Å². The molecule has 2 atom stereocenters. The summed E-state index contributed by atoms with van der Waals surface area (Å²) in [7, 11) is 0. The quantitative estimate of drug-likeness (QED) is 0.844. The molecule has 2 rings (SSSR count). The summed E-state index contributed by atoms with van der Waals surface area (Å²) in [6.45, 7) is 5.76. The second-order valence-corrected chi connectivity index (χ2v) is 5.54. The lowest BCUT2D eigenvalue weighted by Gasteiger charge is -2.15. The van der Waals surface area contributed by atoms with Gasteiger partial charge in [-0.3, -0.25) is 4.98 Å². The smallest absolute Gasteiger partial charge is 0.0416 e. The van der Waals surface area contributed by atoms with Gasteiger partial charge in [-0.05, 0) is 43.2 Å². The Kier molecular flexibility index (Phi) is 4.55. The van der Waals surface area contributed by atoms with Crippen LogP contribution in [0.15, 0.2) is 24.4 Å². The van der Waals surface area contributed by atoms with E-state index in [2.05, 4.69) is 36.3 Å². The summed E-state index contributed by atoms with van der Waals surface area (Å²) in [5.74, 6) is 1.78. The molecular weight excluding hydrogens is 208 g/mol. The van der Waals surface area contributed by atoms with Gasteiger partial charge in [-0.15, -0.1) is 0 Å². The number of nitrogens with one attached hydrogen (secondary N) is 1. The summed E-state index contributed by atoms with van der Waals surface area (Å²) >= 11 is 0. The Morgan fingerprint density at radius 2 is 2.24 bits per heavy atom. The van der Waals surface area contributed by atoms with E-state index < -0.39 is 0 Å². The molecule has 1 fully saturated rings. The first-order chi connectivity index (χ1) is 8.25. The molecule has 0 amide bonds. The molecule has 0 aliphatic heterocycles. The van der Waals surface area contributed by atoms with E-state index in [1.54, 1.807) is 0 Å². The molecule has 0 spiro atoms. The summed E-state index contributed by atoms with van der Waals surface area (Å²) in [5, 5.41) is 3.67. The van der Waals surface area contributed by atoms with E-state index in [0.29, 0.717) is 0 Å². The Bertz CT molecular complexity index is 321. The Labute approximate surface area is 105 Å². The number of rotatable bonds is 5. The Balaban J connectivity index is 1.67. The van der Waals surface area contributed by atoms with Gasteiger partial charge in [0, 0.05) is 30.9 Å². The van der Waals surface area contributed by atoms with E-state index in [-0.39, 0.29) is 0 Å². The standard InChI is InChI=1S/C15H24N2/c1-12(2)13-6-7-15(11-13)17-10-8-14-5-3-4-9-16-14/h3-5,9,12-13,15,17H,6-8,10-11H2,1-2H3/t13-,15+/m1/s1. The fourth-order valence-electron chi connectivity index (χ4n) is 2.76. The molecule has 1 N–H and O–H groups in total. The number of pyridine rings is 1. The molecule has 0 unspecified atom stereocenters. The van der Waals surface area contributed by atoms with E-state index in [1.807, 2.05) is 12.3 Å². The maximum Gasteiger partial charge on any atom is 0.0416 e. The van der Waals surface area contributed by atoms with Gasteiger partial charge in [0.25, 0.3) is 0 Å². The summed E-state index contributed by atoms with van der Waals surface area (Å²) in [4.78, 5) is 4.35. The maximum atomic E-state index is 4.35. The molecule has 1 aliphatic rings. The highest BCUT2D eigenvalue weighted by molar-refractivity contribution is 5.03. The number of hydrogen-bond donors (Lipinski definition) is 1. The monoisotopic (exact) mass is 232 g/mol. The summed E-state index contributed by atoms with van der Waals surface area (Å²) in [5.41, 5.74) is 1.19. The molecule has 2 heteroatoms. The van der Waals surface area contributed by atoms with Gasteiger partial charge in [0.1, 0.15) is 0 Å². The third-order valence-corrected chi connectivity index (χ3v) is 3.96. The van der Waals surface area contributed by atoms with Crippen LogP contribution < -0.4 is 5.32 Å². The molecule has 1 aromatic rings. The van der Waals surface area contributed by atoms with Crippen LogP contribution >= 0.6 is 0 Å². The maximum absolute atomic E-state index is 4.35. The lowest BCUT2D eigenvalue weighted by molar-refractivity contribution is 0.382. The molecule has 2 nitrogen and oxygen atoms in total. The zero-order valence-corrected chi connectivity index (χ0v) is 11.0. The molecular formula is C15H24N2. The van der Waals surface area contributed by atoms with E-state index in [4.69, 9.17) is 0 Å². The molecule has 0 aromatic carbocycles. The lowest BCUT2D eigenvalue weighted by Crippen LogP contribution is -2.29. The van der Waals surface area contributed by atoms with Gasteiger partial charge in [-0.25, -0.2) is 0 Å². The van der Waals surface area contributed by atoms with Crippen molar-refractivity contribution in [3.63, 3.8) is 0 Å². The van der Waals surface area contributed by atoms with Gasteiger partial charge < -0.3 is 5.32 Å². The van der Waals surface area contributed by atoms with Crippen molar-refractivity contribution >= 4 is 0 Å². The minimum Gasteiger partial charge on any atom is -0.314 e. The highest BCUT2D eigenvalue weighted by Crippen LogP contribution is 2.31. The molecule has 1 aromatic heterocycles. The van der Waals surface area contributed by atoms with Crippen molar-refractivity contribution in [2.45, 2.75) is 45.6 Å². The second kappa shape index (κ2) is 6.15. The minimum absolute atomic E-state index is 0.742. The lowest BCUT2D eigenvalue weighted by atomic mass is 9.94. The Morgan fingerprint density at radius 1 is 1.35 bits per heavy atom. The summed E-state index contributed by atoms with van der Waals surface area (Å²) in [6, 6.07) is 6.88. The highest BCUT2D eigenvalue weighted by atomic mass is 14.9. The van der Waals surface area contributed by atoms with Crippen LogP contribution in [-0.4, -0.2) is 17.6 Å². The Hall–Kier alpha value is -0.890. The van der Waals surface area contributed by atoms with E-state index >= 15 is 0 Å². The normalized spacial score (nSPS) is 24.4. The first-order valence-electron chi connectivity index (χ1n) is 6.89. The van der Waals surface area contributed by atoms with Gasteiger partial charge in [0.05, 0.1) is 0 Å². The van der Waals surface area contributed by atoms with Crippen LogP contribution in [0.25, 0.3) is 0 Å². The zero-order chi connectivity index (χ0) is 12.1. The average Bonchev–Trinajstić information content (AvgIpc) is 2.79. The highest BCUT2D eigenvalue weighted by Gasteiger charge is 2.25. The van der Waals surface area contributed by atoms with Crippen LogP contribution in [0.5, 0.6) is 0 Å². The van der Waals surface area contributed by atoms with Gasteiger partial charge >= 0.3 is 0 Å². The number of nitrogens with zero attached hydrogens (tertiary/aromatic N) is 1. The molecule has 94 valence electrons. The first-order valence-corrected chi connectivity index (χ1v) is 6.89. The molecule has 0 saturated heterocycles. The summed E-state index contributed by atoms with van der Waals surface area (Å²) in [6.07, 6.45) is 7.03. The van der Waals surface area contributed by atoms with Crippen molar-refractivity contribution in [2.24, 2.45) is 11.8 Å². The Morgan fingerprint density at radius 3 is 2.88 bits per heavy atom. The van der Waals surface area contributed by atoms with E-state index in [9.17, 15) is 0 Å². The molecule has 1 saturated carbocycles. The fraction of sp³-hybridized carbons (Fsp3) is 0.667. The van der Waals surface area contributed by atoms with Crippen LogP contribution in [0.2, 0.25) is 0 Å². The predicted molar refractivity (Wildman–Crippen MR) is 71.9 cm³/mol. The zero-order valence-electron chi connectivity index (χ0n) is 11.0. The molecule has 0 bridgehead atoms. The third-order valence-electron chi connectivity index (χ3n) is 3.96. The molecule has 1 heterocycles. The van der Waals surface area contributed by atoms with Gasteiger partial charge in [-0.1, -0.05) is 19.9 Å². The van der Waals surface area contributed by atoms with Gasteiger partial charge in [0.2, 0.25) is 0 Å². The average molecular weight is 232 g/mol. The largest absolute Gasteiger partial charge is 0.314 e. The van der Waals surface area contributed by atoms with Gasteiger partial charge in [-0.2, -0.15) is 0 Å². The van der Waals surface area contributed by atoms with Crippen LogP contribution in [0, 0.1) is 11.8 Å². The minimum atomic E-state index is 0.742. The van der Waals surface area contributed by atoms with Crippen LogP contribution in [0.4, 0.5) is 0 Å². The van der Waals surface area contributed by atoms with Crippen molar-refractivity contribution < 1.29 is 0 Å². The van der Waals surface area contributed by atoms with Crippen molar-refractivity contribution in [3.8, 4) is 0 Å². The van der Waals surface area contributed by atoms with Crippen LogP contribution in [-0.2, 0) is 6.42 Å². The SMILES string of the molecule is CC(C)[C@@H]1CC[C@H](NCCc2ccccn2)C1. The molecule has 1 aliphatic carbocycles. The van der Waals surface area contributed by atoms with E-state index in [1.165, 1.54) is 25.0 Å². The van der Waals surface area contributed by atoms with Crippen molar-refractivity contribution in [2.75, 3.05) is 6.54 Å². The van der Waals surface area contributed by atoms with Crippen molar-refractivity contribution in [3.05, 3.63) is 30.1 Å². The van der Waals surface area contributed by atoms with Crippen LogP contribution in [0.3, 0.4) is 0 Å². The first kappa shape index (κ1) is 12.6. The number of aromatic nitrogens is 1. The second-order valence-electron chi connectivity index (χ2n) is 5.54. The molecule has 0 radical (unpaired) electrons. The number of hydrogen-bond acceptors (Lipinski definition) is 2.